The number of amides is 1. The monoisotopic (exact) mass is 418 g/mol. The predicted octanol–water partition coefficient (Wildman–Crippen LogP) is 7.88. The van der Waals surface area contributed by atoms with E-state index in [1.54, 1.807) is 11.3 Å². The highest BCUT2D eigenvalue weighted by Crippen LogP contribution is 2.31. The van der Waals surface area contributed by atoms with Crippen molar-refractivity contribution in [1.29, 1.82) is 0 Å². The van der Waals surface area contributed by atoms with E-state index in [1.165, 1.54) is 0 Å². The van der Waals surface area contributed by atoms with Gasteiger partial charge in [-0.25, -0.2) is 4.98 Å². The average molecular weight is 419 g/mol. The quantitative estimate of drug-likeness (QED) is 0.367. The molecule has 156 valence electrons. The highest BCUT2D eigenvalue weighted by Gasteiger charge is 2.11. The molecule has 0 saturated carbocycles. The van der Waals surface area contributed by atoms with Gasteiger partial charge in [0.15, 0.2) is 0 Å². The summed E-state index contributed by atoms with van der Waals surface area (Å²) in [6, 6.07) is 21.8. The van der Waals surface area contributed by atoms with Crippen LogP contribution < -0.4 is 5.32 Å². The Labute approximate surface area is 183 Å². The lowest BCUT2D eigenvalue weighted by Gasteiger charge is -2.09. The van der Waals surface area contributed by atoms with Gasteiger partial charge in [0.25, 0.3) is 5.91 Å². The number of benzene rings is 3. The third-order valence-corrected chi connectivity index (χ3v) is 5.38. The largest absolute Gasteiger partial charge is 0.322 e. The van der Waals surface area contributed by atoms with Gasteiger partial charge in [-0.1, -0.05) is 69.7 Å². The van der Waals surface area contributed by atoms with Gasteiger partial charge in [0.05, 0.1) is 10.2 Å². The molecule has 30 heavy (non-hydrogen) atoms. The van der Waals surface area contributed by atoms with E-state index in [2.05, 4.69) is 11.4 Å². The molecule has 0 aliphatic rings. The lowest BCUT2D eigenvalue weighted by molar-refractivity contribution is 0.102. The molecular formula is C26H30N2OS. The summed E-state index contributed by atoms with van der Waals surface area (Å²) >= 11 is 1.65. The Morgan fingerprint density at radius 1 is 0.867 bits per heavy atom. The first kappa shape index (κ1) is 23.3. The first-order valence-corrected chi connectivity index (χ1v) is 11.3. The van der Waals surface area contributed by atoms with Crippen LogP contribution in [0.3, 0.4) is 0 Å². The zero-order valence-corrected chi connectivity index (χ0v) is 19.4. The summed E-state index contributed by atoms with van der Waals surface area (Å²) in [4.78, 5) is 17.3. The maximum Gasteiger partial charge on any atom is 0.255 e. The van der Waals surface area contributed by atoms with Gasteiger partial charge >= 0.3 is 0 Å². The van der Waals surface area contributed by atoms with Crippen LogP contribution in [0.25, 0.3) is 20.8 Å². The Hall–Kier alpha value is -2.98. The molecule has 1 amide bonds. The van der Waals surface area contributed by atoms with Gasteiger partial charge in [0, 0.05) is 16.8 Å². The molecule has 4 rings (SSSR count). The molecule has 0 unspecified atom stereocenters. The molecule has 1 aromatic heterocycles. The van der Waals surface area contributed by atoms with Crippen molar-refractivity contribution in [3.05, 3.63) is 83.4 Å². The van der Waals surface area contributed by atoms with Gasteiger partial charge in [0.1, 0.15) is 5.01 Å². The summed E-state index contributed by atoms with van der Waals surface area (Å²) in [5.41, 5.74) is 5.52. The molecule has 4 heteroatoms. The second kappa shape index (κ2) is 11.3. The molecule has 4 aromatic rings. The number of thiazole rings is 1. The molecule has 0 atom stereocenters. The zero-order valence-electron chi connectivity index (χ0n) is 18.6. The number of hydrogen-bond donors (Lipinski definition) is 1. The van der Waals surface area contributed by atoms with Gasteiger partial charge in [-0.2, -0.15) is 0 Å². The minimum absolute atomic E-state index is 0.0901. The van der Waals surface area contributed by atoms with Crippen LogP contribution in [-0.4, -0.2) is 10.9 Å². The third-order valence-electron chi connectivity index (χ3n) is 4.30. The first-order valence-electron chi connectivity index (χ1n) is 10.4. The number of rotatable bonds is 3. The number of nitrogens with zero attached hydrogens (tertiary/aromatic N) is 1. The maximum atomic E-state index is 12.7. The van der Waals surface area contributed by atoms with E-state index in [9.17, 15) is 4.79 Å². The minimum atomic E-state index is -0.0901. The fraction of sp³-hybridized carbons (Fsp3) is 0.231. The molecule has 0 spiro atoms. The number of nitrogens with one attached hydrogen (secondary N) is 1. The Bertz CT molecular complexity index is 1080. The summed E-state index contributed by atoms with van der Waals surface area (Å²) in [5.74, 6) is -0.0901. The predicted molar refractivity (Wildman–Crippen MR) is 132 cm³/mol. The third kappa shape index (κ3) is 5.55. The maximum absolute atomic E-state index is 12.7. The second-order valence-corrected chi connectivity index (χ2v) is 7.37. The van der Waals surface area contributed by atoms with E-state index in [1.807, 2.05) is 102 Å². The zero-order chi connectivity index (χ0) is 22.1. The second-order valence-electron chi connectivity index (χ2n) is 6.34. The number of aromatic nitrogens is 1. The van der Waals surface area contributed by atoms with Crippen LogP contribution in [0.1, 0.15) is 49.2 Å². The molecule has 0 bridgehead atoms. The molecule has 0 saturated heterocycles. The molecule has 1 N–H and O–H groups in total. The summed E-state index contributed by atoms with van der Waals surface area (Å²) in [6.45, 7) is 11.9. The van der Waals surface area contributed by atoms with Crippen molar-refractivity contribution in [1.82, 2.24) is 4.98 Å². The Morgan fingerprint density at radius 3 is 2.33 bits per heavy atom. The van der Waals surface area contributed by atoms with Crippen LogP contribution in [-0.2, 0) is 0 Å². The Morgan fingerprint density at radius 2 is 1.60 bits per heavy atom. The summed E-state index contributed by atoms with van der Waals surface area (Å²) in [6.07, 6.45) is 0. The van der Waals surface area contributed by atoms with Gasteiger partial charge in [-0.3, -0.25) is 4.79 Å². The molecule has 0 aliphatic carbocycles. The fourth-order valence-electron chi connectivity index (χ4n) is 2.90. The number of carbonyl (C=O) groups excluding carboxylic acids is 1. The lowest BCUT2D eigenvalue weighted by atomic mass is 10.0. The number of fused-ring (bicyclic) bond motifs is 1. The van der Waals surface area contributed by atoms with E-state index < -0.39 is 0 Å². The Balaban J connectivity index is 0.000000757. The SMILES string of the molecule is CC.CC.Cc1ccc(C)c(C(=O)Nc2cccc(-c3nc4ccccc4s3)c2)c1. The number of hydrogen-bond acceptors (Lipinski definition) is 3. The Kier molecular flexibility index (Phi) is 8.75. The molecule has 0 radical (unpaired) electrons. The molecule has 3 nitrogen and oxygen atoms in total. The number of carbonyl (C=O) groups is 1. The highest BCUT2D eigenvalue weighted by molar-refractivity contribution is 7.21. The van der Waals surface area contributed by atoms with Crippen molar-refractivity contribution in [3.8, 4) is 10.6 Å². The van der Waals surface area contributed by atoms with Crippen molar-refractivity contribution >= 4 is 33.1 Å². The summed E-state index contributed by atoms with van der Waals surface area (Å²) < 4.78 is 1.16. The molecule has 3 aromatic carbocycles. The van der Waals surface area contributed by atoms with Crippen molar-refractivity contribution in [2.24, 2.45) is 0 Å². The van der Waals surface area contributed by atoms with Crippen molar-refractivity contribution in [2.45, 2.75) is 41.5 Å². The first-order chi connectivity index (χ1) is 14.6. The van der Waals surface area contributed by atoms with Crippen LogP contribution in [0, 0.1) is 13.8 Å². The number of anilines is 1. The lowest BCUT2D eigenvalue weighted by Crippen LogP contribution is -2.13. The molecule has 1 heterocycles. The molecule has 0 fully saturated rings. The average Bonchev–Trinajstić information content (AvgIpc) is 3.23. The minimum Gasteiger partial charge on any atom is -0.322 e. The smallest absolute Gasteiger partial charge is 0.255 e. The number of para-hydroxylation sites is 1. The van der Waals surface area contributed by atoms with E-state index in [0.717, 1.165) is 37.6 Å². The van der Waals surface area contributed by atoms with Crippen LogP contribution in [0.15, 0.2) is 66.7 Å². The summed E-state index contributed by atoms with van der Waals surface area (Å²) in [7, 11) is 0. The van der Waals surface area contributed by atoms with Gasteiger partial charge in [-0.05, 0) is 49.7 Å². The van der Waals surface area contributed by atoms with Crippen molar-refractivity contribution in [2.75, 3.05) is 5.32 Å². The van der Waals surface area contributed by atoms with Crippen LogP contribution >= 0.6 is 11.3 Å². The van der Waals surface area contributed by atoms with Crippen LogP contribution in [0.5, 0.6) is 0 Å². The van der Waals surface area contributed by atoms with Crippen LogP contribution in [0.2, 0.25) is 0 Å². The van der Waals surface area contributed by atoms with E-state index in [0.29, 0.717) is 5.56 Å². The topological polar surface area (TPSA) is 42.0 Å². The standard InChI is InChI=1S/C22H18N2OS.2C2H6/c1-14-10-11-15(2)18(12-14)21(25)23-17-7-5-6-16(13-17)22-24-19-8-3-4-9-20(19)26-22;2*1-2/h3-13H,1-2H3,(H,23,25);2*1-2H3. The summed E-state index contributed by atoms with van der Waals surface area (Å²) in [5, 5.41) is 3.96. The number of aryl methyl sites for hydroxylation is 2. The van der Waals surface area contributed by atoms with Gasteiger partial charge < -0.3 is 5.32 Å². The molecular weight excluding hydrogens is 388 g/mol. The normalized spacial score (nSPS) is 9.80. The van der Waals surface area contributed by atoms with Crippen LogP contribution in [0.4, 0.5) is 5.69 Å². The van der Waals surface area contributed by atoms with Crippen molar-refractivity contribution in [3.63, 3.8) is 0 Å². The van der Waals surface area contributed by atoms with E-state index in [-0.39, 0.29) is 5.91 Å². The van der Waals surface area contributed by atoms with E-state index in [4.69, 9.17) is 4.98 Å². The van der Waals surface area contributed by atoms with Crippen molar-refractivity contribution < 1.29 is 4.79 Å². The molecule has 0 aliphatic heterocycles. The fourth-order valence-corrected chi connectivity index (χ4v) is 3.87. The van der Waals surface area contributed by atoms with Gasteiger partial charge in [-0.15, -0.1) is 11.3 Å². The van der Waals surface area contributed by atoms with E-state index >= 15 is 0 Å². The highest BCUT2D eigenvalue weighted by atomic mass is 32.1. The van der Waals surface area contributed by atoms with Gasteiger partial charge in [0.2, 0.25) is 0 Å².